The Labute approximate surface area is 128 Å². The lowest BCUT2D eigenvalue weighted by Crippen LogP contribution is -2.41. The van der Waals surface area contributed by atoms with Crippen LogP contribution in [0.25, 0.3) is 0 Å². The number of fused-ring (bicyclic) bond motifs is 1. The number of hydrogen-bond donors (Lipinski definition) is 1. The predicted molar refractivity (Wildman–Crippen MR) is 85.2 cm³/mol. The summed E-state index contributed by atoms with van der Waals surface area (Å²) < 4.78 is 19.2. The van der Waals surface area contributed by atoms with Gasteiger partial charge in [0.15, 0.2) is 0 Å². The van der Waals surface area contributed by atoms with Crippen LogP contribution >= 0.6 is 0 Å². The largest absolute Gasteiger partial charge is 0.490 e. The monoisotopic (exact) mass is 293 g/mol. The summed E-state index contributed by atoms with van der Waals surface area (Å²) in [5.41, 5.74) is 1.14. The molecule has 1 aliphatic heterocycles. The van der Waals surface area contributed by atoms with Crippen LogP contribution in [0.5, 0.6) is 5.75 Å². The molecule has 0 saturated carbocycles. The maximum Gasteiger partial charge on any atom is 0.123 e. The molecular weight excluding hydrogens is 265 g/mol. The molecule has 0 saturated heterocycles. The average Bonchev–Trinajstić information content (AvgIpc) is 2.74. The van der Waals surface area contributed by atoms with Crippen LogP contribution in [0.3, 0.4) is 0 Å². The second-order valence-corrected chi connectivity index (χ2v) is 7.57. The van der Waals surface area contributed by atoms with Crippen molar-refractivity contribution in [3.05, 3.63) is 29.6 Å². The zero-order valence-corrected chi connectivity index (χ0v) is 13.9. The second kappa shape index (κ2) is 6.35. The van der Waals surface area contributed by atoms with Crippen LogP contribution in [-0.2, 0) is 6.42 Å². The lowest BCUT2D eigenvalue weighted by molar-refractivity contribution is 0.168. The third-order valence-electron chi connectivity index (χ3n) is 4.17. The van der Waals surface area contributed by atoms with Crippen LogP contribution < -0.4 is 10.1 Å². The first kappa shape index (κ1) is 16.3. The molecule has 2 unspecified atom stereocenters. The van der Waals surface area contributed by atoms with Crippen molar-refractivity contribution in [3.63, 3.8) is 0 Å². The van der Waals surface area contributed by atoms with E-state index in [-0.39, 0.29) is 17.5 Å². The summed E-state index contributed by atoms with van der Waals surface area (Å²) in [5.74, 6) is 1.85. The standard InChI is InChI=1S/C18H28FNO/c1-12(2)14(11-20-18(3,4)5)10-16-9-13-8-15(19)6-7-17(13)21-16/h6-8,12,14,16,20H,9-11H2,1-5H3. The molecular formula is C18H28FNO. The van der Waals surface area contributed by atoms with E-state index in [9.17, 15) is 4.39 Å². The van der Waals surface area contributed by atoms with E-state index in [1.165, 1.54) is 6.07 Å². The van der Waals surface area contributed by atoms with Gasteiger partial charge in [0.1, 0.15) is 17.7 Å². The normalized spacial score (nSPS) is 19.5. The van der Waals surface area contributed by atoms with Gasteiger partial charge in [-0.15, -0.1) is 0 Å². The number of rotatable bonds is 5. The molecule has 2 nitrogen and oxygen atoms in total. The third kappa shape index (κ3) is 4.70. The summed E-state index contributed by atoms with van der Waals surface area (Å²) in [6.45, 7) is 12.1. The highest BCUT2D eigenvalue weighted by atomic mass is 19.1. The summed E-state index contributed by atoms with van der Waals surface area (Å²) in [6.07, 6.45) is 2.01. The molecule has 1 N–H and O–H groups in total. The molecule has 3 heteroatoms. The van der Waals surface area contributed by atoms with E-state index >= 15 is 0 Å². The molecule has 1 aromatic carbocycles. The Morgan fingerprint density at radius 2 is 2.05 bits per heavy atom. The van der Waals surface area contributed by atoms with Crippen molar-refractivity contribution in [1.82, 2.24) is 5.32 Å². The van der Waals surface area contributed by atoms with E-state index in [1.807, 2.05) is 0 Å². The zero-order valence-electron chi connectivity index (χ0n) is 13.9. The molecule has 0 radical (unpaired) electrons. The lowest BCUT2D eigenvalue weighted by Gasteiger charge is -2.29. The van der Waals surface area contributed by atoms with Crippen LogP contribution in [0, 0.1) is 17.7 Å². The number of hydrogen-bond acceptors (Lipinski definition) is 2. The summed E-state index contributed by atoms with van der Waals surface area (Å²) in [7, 11) is 0. The minimum Gasteiger partial charge on any atom is -0.490 e. The van der Waals surface area contributed by atoms with Gasteiger partial charge in [-0.3, -0.25) is 0 Å². The predicted octanol–water partition coefficient (Wildman–Crippen LogP) is 4.18. The molecule has 0 fully saturated rings. The van der Waals surface area contributed by atoms with E-state index in [0.717, 1.165) is 30.7 Å². The van der Waals surface area contributed by atoms with E-state index in [2.05, 4.69) is 39.9 Å². The van der Waals surface area contributed by atoms with Gasteiger partial charge in [-0.1, -0.05) is 13.8 Å². The van der Waals surface area contributed by atoms with Gasteiger partial charge in [-0.2, -0.15) is 0 Å². The number of nitrogens with one attached hydrogen (secondary N) is 1. The van der Waals surface area contributed by atoms with Crippen molar-refractivity contribution >= 4 is 0 Å². The van der Waals surface area contributed by atoms with E-state index in [0.29, 0.717) is 11.8 Å². The Balaban J connectivity index is 1.94. The van der Waals surface area contributed by atoms with E-state index in [1.54, 1.807) is 12.1 Å². The highest BCUT2D eigenvalue weighted by molar-refractivity contribution is 5.37. The maximum absolute atomic E-state index is 13.3. The highest BCUT2D eigenvalue weighted by Gasteiger charge is 2.28. The fourth-order valence-corrected chi connectivity index (χ4v) is 2.79. The molecule has 0 spiro atoms. The van der Waals surface area contributed by atoms with Crippen LogP contribution in [0.15, 0.2) is 18.2 Å². The minimum atomic E-state index is -0.173. The zero-order chi connectivity index (χ0) is 15.6. The Bertz CT molecular complexity index is 479. The average molecular weight is 293 g/mol. The molecule has 21 heavy (non-hydrogen) atoms. The van der Waals surface area contributed by atoms with Gasteiger partial charge in [0.25, 0.3) is 0 Å². The van der Waals surface area contributed by atoms with E-state index < -0.39 is 0 Å². The van der Waals surface area contributed by atoms with Crippen molar-refractivity contribution in [2.24, 2.45) is 11.8 Å². The van der Waals surface area contributed by atoms with Crippen molar-refractivity contribution in [3.8, 4) is 5.75 Å². The van der Waals surface area contributed by atoms with Crippen molar-refractivity contribution < 1.29 is 9.13 Å². The van der Waals surface area contributed by atoms with Crippen LogP contribution in [0.2, 0.25) is 0 Å². The van der Waals surface area contributed by atoms with Crippen LogP contribution in [0.4, 0.5) is 4.39 Å². The molecule has 1 aromatic rings. The number of halogens is 1. The van der Waals surface area contributed by atoms with Crippen LogP contribution in [0.1, 0.15) is 46.6 Å². The Kier molecular flexibility index (Phi) is 4.92. The van der Waals surface area contributed by atoms with Gasteiger partial charge >= 0.3 is 0 Å². The quantitative estimate of drug-likeness (QED) is 0.879. The molecule has 0 aromatic heterocycles. The summed E-state index contributed by atoms with van der Waals surface area (Å²) in [5, 5.41) is 3.59. The maximum atomic E-state index is 13.3. The van der Waals surface area contributed by atoms with Crippen molar-refractivity contribution in [2.45, 2.75) is 59.1 Å². The van der Waals surface area contributed by atoms with Crippen LogP contribution in [-0.4, -0.2) is 18.2 Å². The van der Waals surface area contributed by atoms with Gasteiger partial charge in [0.2, 0.25) is 0 Å². The lowest BCUT2D eigenvalue weighted by atomic mass is 9.88. The molecule has 118 valence electrons. The Morgan fingerprint density at radius 1 is 1.33 bits per heavy atom. The summed E-state index contributed by atoms with van der Waals surface area (Å²) in [6, 6.07) is 4.83. The summed E-state index contributed by atoms with van der Waals surface area (Å²) >= 11 is 0. The van der Waals surface area contributed by atoms with Gasteiger partial charge in [-0.25, -0.2) is 4.39 Å². The SMILES string of the molecule is CC(C)C(CNC(C)(C)C)CC1Cc2cc(F)ccc2O1. The molecule has 1 heterocycles. The fourth-order valence-electron chi connectivity index (χ4n) is 2.79. The molecule has 0 bridgehead atoms. The summed E-state index contributed by atoms with van der Waals surface area (Å²) in [4.78, 5) is 0. The fraction of sp³-hybridized carbons (Fsp3) is 0.667. The molecule has 0 aliphatic carbocycles. The first-order valence-electron chi connectivity index (χ1n) is 7.94. The first-order valence-corrected chi connectivity index (χ1v) is 7.94. The molecule has 0 amide bonds. The van der Waals surface area contributed by atoms with Gasteiger partial charge in [-0.05, 0) is 63.8 Å². The van der Waals surface area contributed by atoms with E-state index in [4.69, 9.17) is 4.74 Å². The smallest absolute Gasteiger partial charge is 0.123 e. The Hall–Kier alpha value is -1.09. The molecule has 1 aliphatic rings. The minimum absolute atomic E-state index is 0.135. The highest BCUT2D eigenvalue weighted by Crippen LogP contribution is 2.33. The number of ether oxygens (including phenoxy) is 1. The third-order valence-corrected chi connectivity index (χ3v) is 4.17. The topological polar surface area (TPSA) is 21.3 Å². The first-order chi connectivity index (χ1) is 9.74. The second-order valence-electron chi connectivity index (χ2n) is 7.57. The van der Waals surface area contributed by atoms with Gasteiger partial charge < -0.3 is 10.1 Å². The van der Waals surface area contributed by atoms with Crippen molar-refractivity contribution in [1.29, 1.82) is 0 Å². The number of benzene rings is 1. The van der Waals surface area contributed by atoms with Gasteiger partial charge in [0.05, 0.1) is 0 Å². The van der Waals surface area contributed by atoms with Gasteiger partial charge in [0, 0.05) is 17.5 Å². The van der Waals surface area contributed by atoms with Crippen molar-refractivity contribution in [2.75, 3.05) is 6.54 Å². The Morgan fingerprint density at radius 3 is 2.67 bits per heavy atom. The molecule has 2 atom stereocenters. The molecule has 2 rings (SSSR count).